The molecule has 2 N–H and O–H groups in total. The highest BCUT2D eigenvalue weighted by molar-refractivity contribution is 5.84. The molecule has 0 aliphatic carbocycles. The van der Waals surface area contributed by atoms with E-state index in [0.29, 0.717) is 19.0 Å². The molecular formula is C19H29FN4O. The van der Waals surface area contributed by atoms with Crippen molar-refractivity contribution in [1.82, 2.24) is 15.5 Å². The number of rotatable bonds is 7. The van der Waals surface area contributed by atoms with Gasteiger partial charge in [-0.1, -0.05) is 38.1 Å². The topological polar surface area (TPSA) is 56.7 Å². The molecule has 0 spiro atoms. The number of halogens is 1. The van der Waals surface area contributed by atoms with Gasteiger partial charge < -0.3 is 15.5 Å². The van der Waals surface area contributed by atoms with Crippen molar-refractivity contribution in [3.05, 3.63) is 47.8 Å². The zero-order chi connectivity index (χ0) is 19.0. The number of carbonyl (C=O) groups excluding carboxylic acids is 1. The third-order valence-corrected chi connectivity index (χ3v) is 3.73. The van der Waals surface area contributed by atoms with Gasteiger partial charge in [-0.25, -0.2) is 9.38 Å². The van der Waals surface area contributed by atoms with Gasteiger partial charge in [0.1, 0.15) is 12.4 Å². The summed E-state index contributed by atoms with van der Waals surface area (Å²) in [6, 6.07) is 6.57. The van der Waals surface area contributed by atoms with Crippen LogP contribution in [0.25, 0.3) is 0 Å². The van der Waals surface area contributed by atoms with E-state index in [4.69, 9.17) is 0 Å². The van der Waals surface area contributed by atoms with Crippen molar-refractivity contribution in [3.63, 3.8) is 0 Å². The number of guanidine groups is 1. The van der Waals surface area contributed by atoms with Gasteiger partial charge >= 0.3 is 0 Å². The van der Waals surface area contributed by atoms with Crippen LogP contribution in [-0.2, 0) is 10.2 Å². The fourth-order valence-electron chi connectivity index (χ4n) is 2.01. The molecule has 0 aliphatic heterocycles. The van der Waals surface area contributed by atoms with Crippen molar-refractivity contribution in [2.24, 2.45) is 4.99 Å². The molecule has 0 saturated heterocycles. The Morgan fingerprint density at radius 2 is 2.00 bits per heavy atom. The van der Waals surface area contributed by atoms with Crippen molar-refractivity contribution in [2.45, 2.75) is 26.2 Å². The Labute approximate surface area is 150 Å². The van der Waals surface area contributed by atoms with Crippen molar-refractivity contribution in [3.8, 4) is 0 Å². The van der Waals surface area contributed by atoms with Crippen LogP contribution in [0, 0.1) is 5.82 Å². The molecule has 1 aromatic carbocycles. The van der Waals surface area contributed by atoms with Gasteiger partial charge in [-0.15, -0.1) is 0 Å². The average molecular weight is 348 g/mol. The minimum absolute atomic E-state index is 0.0545. The lowest BCUT2D eigenvalue weighted by atomic mass is 9.84. The predicted molar refractivity (Wildman–Crippen MR) is 101 cm³/mol. The lowest BCUT2D eigenvalue weighted by Crippen LogP contribution is -2.44. The number of benzene rings is 1. The van der Waals surface area contributed by atoms with Crippen LogP contribution in [0.3, 0.4) is 0 Å². The number of amides is 1. The lowest BCUT2D eigenvalue weighted by Gasteiger charge is -2.27. The smallest absolute Gasteiger partial charge is 0.243 e. The van der Waals surface area contributed by atoms with Gasteiger partial charge in [0.05, 0.1) is 0 Å². The summed E-state index contributed by atoms with van der Waals surface area (Å²) in [5.41, 5.74) is 1.54. The monoisotopic (exact) mass is 348 g/mol. The predicted octanol–water partition coefficient (Wildman–Crippen LogP) is 2.30. The number of hydrogen-bond acceptors (Lipinski definition) is 2. The van der Waals surface area contributed by atoms with E-state index in [2.05, 4.69) is 22.2 Å². The highest BCUT2D eigenvalue weighted by atomic mass is 19.1. The Balaban J connectivity index is 2.80. The first-order chi connectivity index (χ1) is 11.6. The van der Waals surface area contributed by atoms with Gasteiger partial charge in [0.2, 0.25) is 5.91 Å². The van der Waals surface area contributed by atoms with E-state index in [1.807, 2.05) is 26.8 Å². The van der Waals surface area contributed by atoms with Crippen LogP contribution in [0.2, 0.25) is 0 Å². The van der Waals surface area contributed by atoms with E-state index in [0.717, 1.165) is 11.1 Å². The molecule has 138 valence electrons. The number of likely N-dealkylation sites (N-methyl/N-ethyl adjacent to an activating group) is 1. The van der Waals surface area contributed by atoms with Crippen LogP contribution >= 0.6 is 0 Å². The minimum atomic E-state index is -0.306. The molecule has 25 heavy (non-hydrogen) atoms. The van der Waals surface area contributed by atoms with Gasteiger partial charge in [0.15, 0.2) is 5.96 Å². The largest absolute Gasteiger partial charge is 0.356 e. The SMILES string of the molecule is C=C(C)CNC(=NCC(=O)N(C)C)NCC(C)(C)c1cccc(F)c1. The highest BCUT2D eigenvalue weighted by Gasteiger charge is 2.21. The van der Waals surface area contributed by atoms with Gasteiger partial charge in [-0.05, 0) is 24.6 Å². The van der Waals surface area contributed by atoms with E-state index in [-0.39, 0.29) is 23.7 Å². The summed E-state index contributed by atoms with van der Waals surface area (Å²) in [7, 11) is 3.39. The normalized spacial score (nSPS) is 11.8. The second-order valence-corrected chi connectivity index (χ2v) is 7.01. The number of nitrogens with one attached hydrogen (secondary N) is 2. The molecule has 0 radical (unpaired) electrons. The highest BCUT2D eigenvalue weighted by Crippen LogP contribution is 2.22. The third kappa shape index (κ3) is 7.37. The molecule has 0 unspecified atom stereocenters. The van der Waals surface area contributed by atoms with Crippen LogP contribution in [0.1, 0.15) is 26.3 Å². The summed E-state index contributed by atoms with van der Waals surface area (Å²) in [5, 5.41) is 6.38. The molecule has 0 saturated carbocycles. The van der Waals surface area contributed by atoms with Crippen LogP contribution < -0.4 is 10.6 Å². The van der Waals surface area contributed by atoms with E-state index in [1.165, 1.54) is 17.0 Å². The quantitative estimate of drug-likeness (QED) is 0.452. The zero-order valence-corrected chi connectivity index (χ0v) is 15.8. The molecule has 0 atom stereocenters. The van der Waals surface area contributed by atoms with Crippen LogP contribution in [0.4, 0.5) is 4.39 Å². The standard InChI is InChI=1S/C19H29FN4O/c1-14(2)11-21-18(22-12-17(25)24(5)6)23-13-19(3,4)15-8-7-9-16(20)10-15/h7-10H,1,11-13H2,2-6H3,(H2,21,22,23). The van der Waals surface area contributed by atoms with Crippen molar-refractivity contribution in [1.29, 1.82) is 0 Å². The molecule has 0 heterocycles. The molecule has 0 aliphatic rings. The van der Waals surface area contributed by atoms with Gasteiger partial charge in [0.25, 0.3) is 0 Å². The van der Waals surface area contributed by atoms with Gasteiger partial charge in [-0.2, -0.15) is 0 Å². The number of hydrogen-bond donors (Lipinski definition) is 2. The first-order valence-electron chi connectivity index (χ1n) is 8.24. The van der Waals surface area contributed by atoms with Crippen molar-refractivity contribution in [2.75, 3.05) is 33.7 Å². The second-order valence-electron chi connectivity index (χ2n) is 7.01. The molecule has 1 rings (SSSR count). The molecule has 1 amide bonds. The lowest BCUT2D eigenvalue weighted by molar-refractivity contribution is -0.127. The Morgan fingerprint density at radius 3 is 2.56 bits per heavy atom. The maximum Gasteiger partial charge on any atom is 0.243 e. The Bertz CT molecular complexity index is 638. The maximum atomic E-state index is 13.5. The first-order valence-corrected chi connectivity index (χ1v) is 8.24. The van der Waals surface area contributed by atoms with Gasteiger partial charge in [0, 0.05) is 32.6 Å². The summed E-state index contributed by atoms with van der Waals surface area (Å²) < 4.78 is 13.5. The first kappa shape index (κ1) is 20.7. The average Bonchev–Trinajstić information content (AvgIpc) is 2.53. The van der Waals surface area contributed by atoms with Crippen LogP contribution in [-0.4, -0.2) is 50.5 Å². The number of aliphatic imine (C=N–C) groups is 1. The second kappa shape index (κ2) is 9.20. The molecule has 0 aromatic heterocycles. The van der Waals surface area contributed by atoms with Crippen LogP contribution in [0.15, 0.2) is 41.4 Å². The minimum Gasteiger partial charge on any atom is -0.356 e. The van der Waals surface area contributed by atoms with E-state index >= 15 is 0 Å². The van der Waals surface area contributed by atoms with Crippen molar-refractivity contribution < 1.29 is 9.18 Å². The summed E-state index contributed by atoms with van der Waals surface area (Å²) in [6.45, 7) is 11.0. The molecule has 0 bridgehead atoms. The number of carbonyl (C=O) groups is 1. The molecule has 1 aromatic rings. The summed E-state index contributed by atoms with van der Waals surface area (Å²) in [4.78, 5) is 17.6. The Kier molecular flexibility index (Phi) is 7.61. The van der Waals surface area contributed by atoms with E-state index < -0.39 is 0 Å². The summed E-state index contributed by atoms with van der Waals surface area (Å²) in [5.74, 6) is 0.194. The fraction of sp³-hybridized carbons (Fsp3) is 0.474. The fourth-order valence-corrected chi connectivity index (χ4v) is 2.01. The molecule has 6 heteroatoms. The van der Waals surface area contributed by atoms with E-state index in [1.54, 1.807) is 20.2 Å². The summed E-state index contributed by atoms with van der Waals surface area (Å²) in [6.07, 6.45) is 0. The zero-order valence-electron chi connectivity index (χ0n) is 15.8. The number of nitrogens with zero attached hydrogens (tertiary/aromatic N) is 2. The molecule has 0 fully saturated rings. The Morgan fingerprint density at radius 1 is 1.32 bits per heavy atom. The molecule has 5 nitrogen and oxygen atoms in total. The van der Waals surface area contributed by atoms with E-state index in [9.17, 15) is 9.18 Å². The molecular weight excluding hydrogens is 319 g/mol. The van der Waals surface area contributed by atoms with Crippen LogP contribution in [0.5, 0.6) is 0 Å². The van der Waals surface area contributed by atoms with Crippen molar-refractivity contribution >= 4 is 11.9 Å². The third-order valence-electron chi connectivity index (χ3n) is 3.73. The Hall–Kier alpha value is -2.37. The van der Waals surface area contributed by atoms with Gasteiger partial charge in [-0.3, -0.25) is 4.79 Å². The maximum absolute atomic E-state index is 13.5. The summed E-state index contributed by atoms with van der Waals surface area (Å²) >= 11 is 0.